The van der Waals surface area contributed by atoms with Gasteiger partial charge in [0.25, 0.3) is 0 Å². The maximum absolute atomic E-state index is 6.14. The largest absolute Gasteiger partial charge is 0.445 e. The molecule has 0 aliphatic carbocycles. The van der Waals surface area contributed by atoms with Crippen molar-refractivity contribution in [3.8, 4) is 0 Å². The SMILES string of the molecule is Cc1cnc(CN[C@H](c2ccccc2)c2cccc(Cl)c2)o1. The summed E-state index contributed by atoms with van der Waals surface area (Å²) in [6.45, 7) is 2.45. The molecule has 1 heterocycles. The first-order valence-corrected chi connectivity index (χ1v) is 7.55. The van der Waals surface area contributed by atoms with Crippen LogP contribution >= 0.6 is 11.6 Å². The molecule has 0 aliphatic rings. The molecule has 0 saturated carbocycles. The lowest BCUT2D eigenvalue weighted by molar-refractivity contribution is 0.438. The van der Waals surface area contributed by atoms with Crippen LogP contribution in [0.3, 0.4) is 0 Å². The molecule has 0 radical (unpaired) electrons. The Morgan fingerprint density at radius 3 is 2.55 bits per heavy atom. The number of aryl methyl sites for hydroxylation is 1. The second-order valence-corrected chi connectivity index (χ2v) is 5.58. The van der Waals surface area contributed by atoms with Gasteiger partial charge in [0.1, 0.15) is 5.76 Å². The summed E-state index contributed by atoms with van der Waals surface area (Å²) in [6, 6.07) is 18.2. The average molecular weight is 313 g/mol. The third-order valence-corrected chi connectivity index (χ3v) is 3.68. The highest BCUT2D eigenvalue weighted by molar-refractivity contribution is 6.30. The van der Waals surface area contributed by atoms with Crippen LogP contribution in [0.5, 0.6) is 0 Å². The minimum absolute atomic E-state index is 0.0344. The maximum Gasteiger partial charge on any atom is 0.208 e. The molecule has 0 fully saturated rings. The van der Waals surface area contributed by atoms with Crippen LogP contribution in [0.4, 0.5) is 0 Å². The molecule has 0 saturated heterocycles. The van der Waals surface area contributed by atoms with E-state index in [0.717, 1.165) is 16.3 Å². The van der Waals surface area contributed by atoms with Crippen molar-refractivity contribution in [3.63, 3.8) is 0 Å². The van der Waals surface area contributed by atoms with Gasteiger partial charge in [-0.2, -0.15) is 0 Å². The highest BCUT2D eigenvalue weighted by Gasteiger charge is 2.15. The van der Waals surface area contributed by atoms with Crippen molar-refractivity contribution in [2.24, 2.45) is 0 Å². The number of nitrogens with zero attached hydrogens (tertiary/aromatic N) is 1. The van der Waals surface area contributed by atoms with E-state index in [9.17, 15) is 0 Å². The number of rotatable bonds is 5. The van der Waals surface area contributed by atoms with Crippen LogP contribution in [0.25, 0.3) is 0 Å². The normalized spacial score (nSPS) is 12.3. The summed E-state index contributed by atoms with van der Waals surface area (Å²) >= 11 is 6.14. The predicted octanol–water partition coefficient (Wildman–Crippen LogP) is 4.52. The average Bonchev–Trinajstić information content (AvgIpc) is 2.94. The highest BCUT2D eigenvalue weighted by atomic mass is 35.5. The predicted molar refractivity (Wildman–Crippen MR) is 87.8 cm³/mol. The third kappa shape index (κ3) is 3.56. The van der Waals surface area contributed by atoms with Crippen LogP contribution in [0.15, 0.2) is 65.2 Å². The Hall–Kier alpha value is -2.10. The lowest BCUT2D eigenvalue weighted by Gasteiger charge is -2.19. The molecule has 3 nitrogen and oxygen atoms in total. The van der Waals surface area contributed by atoms with Crippen molar-refractivity contribution < 1.29 is 4.42 Å². The zero-order valence-electron chi connectivity index (χ0n) is 12.3. The minimum Gasteiger partial charge on any atom is -0.445 e. The van der Waals surface area contributed by atoms with E-state index in [1.165, 1.54) is 5.56 Å². The molecule has 22 heavy (non-hydrogen) atoms. The molecule has 1 aromatic heterocycles. The number of benzene rings is 2. The van der Waals surface area contributed by atoms with Crippen LogP contribution in [-0.2, 0) is 6.54 Å². The fourth-order valence-corrected chi connectivity index (χ4v) is 2.63. The van der Waals surface area contributed by atoms with Crippen LogP contribution in [-0.4, -0.2) is 4.98 Å². The fourth-order valence-electron chi connectivity index (χ4n) is 2.43. The van der Waals surface area contributed by atoms with Crippen LogP contribution in [0.1, 0.15) is 28.8 Å². The number of hydrogen-bond donors (Lipinski definition) is 1. The number of oxazole rings is 1. The van der Waals surface area contributed by atoms with Gasteiger partial charge < -0.3 is 4.42 Å². The number of aromatic nitrogens is 1. The molecule has 3 aromatic rings. The van der Waals surface area contributed by atoms with Crippen molar-refractivity contribution in [1.29, 1.82) is 0 Å². The quantitative estimate of drug-likeness (QED) is 0.753. The van der Waals surface area contributed by atoms with Crippen LogP contribution in [0, 0.1) is 6.92 Å². The van der Waals surface area contributed by atoms with Gasteiger partial charge in [-0.1, -0.05) is 54.1 Å². The Bertz CT molecular complexity index is 740. The van der Waals surface area contributed by atoms with Gasteiger partial charge in [0.2, 0.25) is 5.89 Å². The standard InChI is InChI=1S/C18H17ClN2O/c1-13-11-20-17(22-13)12-21-18(14-6-3-2-4-7-14)15-8-5-9-16(19)10-15/h2-11,18,21H,12H2,1H3/t18-/m1/s1. The van der Waals surface area contributed by atoms with E-state index in [1.807, 2.05) is 43.3 Å². The molecular formula is C18H17ClN2O. The molecule has 0 amide bonds. The fraction of sp³-hybridized carbons (Fsp3) is 0.167. The number of halogens is 1. The topological polar surface area (TPSA) is 38.1 Å². The lowest BCUT2D eigenvalue weighted by Crippen LogP contribution is -2.22. The van der Waals surface area contributed by atoms with Crippen molar-refractivity contribution in [3.05, 3.63) is 88.6 Å². The van der Waals surface area contributed by atoms with Crippen molar-refractivity contribution in [2.45, 2.75) is 19.5 Å². The Morgan fingerprint density at radius 1 is 1.09 bits per heavy atom. The van der Waals surface area contributed by atoms with Gasteiger partial charge in [-0.15, -0.1) is 0 Å². The summed E-state index contributed by atoms with van der Waals surface area (Å²) in [5.41, 5.74) is 2.29. The first-order chi connectivity index (χ1) is 10.7. The Kier molecular flexibility index (Phi) is 4.56. The van der Waals surface area contributed by atoms with Gasteiger partial charge in [0.05, 0.1) is 18.8 Å². The first-order valence-electron chi connectivity index (χ1n) is 7.17. The van der Waals surface area contributed by atoms with Crippen LogP contribution < -0.4 is 5.32 Å². The molecule has 4 heteroatoms. The summed E-state index contributed by atoms with van der Waals surface area (Å²) in [7, 11) is 0. The summed E-state index contributed by atoms with van der Waals surface area (Å²) in [6.07, 6.45) is 1.73. The van der Waals surface area contributed by atoms with E-state index in [2.05, 4.69) is 28.5 Å². The second kappa shape index (κ2) is 6.77. The van der Waals surface area contributed by atoms with Gasteiger partial charge in [-0.3, -0.25) is 5.32 Å². The molecule has 2 aromatic carbocycles. The maximum atomic E-state index is 6.14. The molecule has 0 unspecified atom stereocenters. The van der Waals surface area contributed by atoms with Gasteiger partial charge in [-0.25, -0.2) is 4.98 Å². The van der Waals surface area contributed by atoms with Gasteiger partial charge >= 0.3 is 0 Å². The number of nitrogens with one attached hydrogen (secondary N) is 1. The molecule has 0 aliphatic heterocycles. The number of hydrogen-bond acceptors (Lipinski definition) is 3. The van der Waals surface area contributed by atoms with E-state index in [-0.39, 0.29) is 6.04 Å². The Balaban J connectivity index is 1.86. The van der Waals surface area contributed by atoms with Gasteiger partial charge in [0.15, 0.2) is 0 Å². The zero-order chi connectivity index (χ0) is 15.4. The van der Waals surface area contributed by atoms with Gasteiger partial charge in [0, 0.05) is 5.02 Å². The van der Waals surface area contributed by atoms with E-state index in [0.29, 0.717) is 12.4 Å². The van der Waals surface area contributed by atoms with Crippen molar-refractivity contribution in [1.82, 2.24) is 10.3 Å². The summed E-state index contributed by atoms with van der Waals surface area (Å²) in [5.74, 6) is 1.50. The van der Waals surface area contributed by atoms with E-state index >= 15 is 0 Å². The lowest BCUT2D eigenvalue weighted by atomic mass is 9.99. The van der Waals surface area contributed by atoms with E-state index < -0.39 is 0 Å². The molecule has 112 valence electrons. The third-order valence-electron chi connectivity index (χ3n) is 3.44. The molecular weight excluding hydrogens is 296 g/mol. The van der Waals surface area contributed by atoms with Crippen molar-refractivity contribution >= 4 is 11.6 Å². The molecule has 1 atom stereocenters. The van der Waals surface area contributed by atoms with Gasteiger partial charge in [-0.05, 0) is 30.2 Å². The molecule has 0 bridgehead atoms. The van der Waals surface area contributed by atoms with E-state index in [1.54, 1.807) is 6.20 Å². The Morgan fingerprint density at radius 2 is 1.86 bits per heavy atom. The van der Waals surface area contributed by atoms with Crippen molar-refractivity contribution in [2.75, 3.05) is 0 Å². The van der Waals surface area contributed by atoms with Crippen LogP contribution in [0.2, 0.25) is 5.02 Å². The first kappa shape index (κ1) is 14.8. The summed E-state index contributed by atoms with van der Waals surface area (Å²) in [4.78, 5) is 4.24. The monoisotopic (exact) mass is 312 g/mol. The zero-order valence-corrected chi connectivity index (χ0v) is 13.0. The second-order valence-electron chi connectivity index (χ2n) is 5.14. The molecule has 3 rings (SSSR count). The Labute approximate surface area is 135 Å². The highest BCUT2D eigenvalue weighted by Crippen LogP contribution is 2.24. The smallest absolute Gasteiger partial charge is 0.208 e. The molecule has 0 spiro atoms. The summed E-state index contributed by atoms with van der Waals surface area (Å²) < 4.78 is 5.53. The summed E-state index contributed by atoms with van der Waals surface area (Å²) in [5, 5.41) is 4.22. The molecule has 1 N–H and O–H groups in total. The minimum atomic E-state index is 0.0344. The van der Waals surface area contributed by atoms with E-state index in [4.69, 9.17) is 16.0 Å².